The third kappa shape index (κ3) is 4.32. The minimum absolute atomic E-state index is 0.245. The lowest BCUT2D eigenvalue weighted by Crippen LogP contribution is -2.54. The second-order valence-electron chi connectivity index (χ2n) is 10.1. The van der Waals surface area contributed by atoms with Gasteiger partial charge in [-0.3, -0.25) is 4.90 Å². The van der Waals surface area contributed by atoms with Gasteiger partial charge in [0.25, 0.3) is 0 Å². The molecule has 0 bridgehead atoms. The van der Waals surface area contributed by atoms with Gasteiger partial charge in [0.05, 0.1) is 0 Å². The van der Waals surface area contributed by atoms with Gasteiger partial charge in [0.1, 0.15) is 0 Å². The SMILES string of the molecule is O=C(N1CCC(c2cn(-c3ccc(Cl)cc3)c3c2=CC=CCC=3)CC1)N1CCN(C2CC2)CC1. The molecule has 0 radical (unpaired) electrons. The second-order valence-corrected chi connectivity index (χ2v) is 10.5. The van der Waals surface area contributed by atoms with Crippen LogP contribution in [0.3, 0.4) is 0 Å². The highest BCUT2D eigenvalue weighted by Gasteiger charge is 2.34. The fraction of sp³-hybridized carbons (Fsp3) is 0.464. The number of piperazine rings is 1. The number of allylic oxidation sites excluding steroid dienone is 2. The molecule has 1 aromatic carbocycles. The molecule has 2 amide bonds. The first-order valence-electron chi connectivity index (χ1n) is 12.8. The Kier molecular flexibility index (Phi) is 6.00. The Morgan fingerprint density at radius 1 is 0.882 bits per heavy atom. The van der Waals surface area contributed by atoms with E-state index in [1.165, 1.54) is 29.0 Å². The molecule has 2 aliphatic carbocycles. The van der Waals surface area contributed by atoms with Crippen molar-refractivity contribution < 1.29 is 4.79 Å². The van der Waals surface area contributed by atoms with Crippen molar-refractivity contribution in [2.75, 3.05) is 39.3 Å². The van der Waals surface area contributed by atoms with Gasteiger partial charge in [-0.1, -0.05) is 35.9 Å². The number of urea groups is 1. The molecule has 0 atom stereocenters. The average molecular weight is 477 g/mol. The molecule has 2 aromatic rings. The number of hydrogen-bond donors (Lipinski definition) is 0. The maximum Gasteiger partial charge on any atom is 0.320 e. The van der Waals surface area contributed by atoms with Gasteiger partial charge in [-0.05, 0) is 67.9 Å². The van der Waals surface area contributed by atoms with E-state index in [2.05, 4.69) is 61.9 Å². The van der Waals surface area contributed by atoms with Crippen LogP contribution in [0.2, 0.25) is 5.02 Å². The van der Waals surface area contributed by atoms with Crippen molar-refractivity contribution in [3.05, 3.63) is 63.8 Å². The van der Waals surface area contributed by atoms with Crippen molar-refractivity contribution in [3.63, 3.8) is 0 Å². The minimum atomic E-state index is 0.245. The zero-order valence-electron chi connectivity index (χ0n) is 19.7. The summed E-state index contributed by atoms with van der Waals surface area (Å²) in [6, 6.07) is 9.12. The normalized spacial score (nSPS) is 21.6. The van der Waals surface area contributed by atoms with Crippen molar-refractivity contribution >= 4 is 29.8 Å². The molecule has 6 heteroatoms. The highest BCUT2D eigenvalue weighted by Crippen LogP contribution is 2.29. The van der Waals surface area contributed by atoms with Crippen LogP contribution in [0.25, 0.3) is 17.8 Å². The van der Waals surface area contributed by atoms with Crippen molar-refractivity contribution in [2.24, 2.45) is 0 Å². The fourth-order valence-corrected chi connectivity index (χ4v) is 5.93. The van der Waals surface area contributed by atoms with Crippen molar-refractivity contribution in [1.82, 2.24) is 19.3 Å². The number of carbonyl (C=O) groups is 1. The molecule has 2 saturated heterocycles. The minimum Gasteiger partial charge on any atom is -0.325 e. The zero-order valence-corrected chi connectivity index (χ0v) is 20.5. The van der Waals surface area contributed by atoms with Gasteiger partial charge in [0, 0.05) is 72.8 Å². The lowest BCUT2D eigenvalue weighted by Gasteiger charge is -2.39. The van der Waals surface area contributed by atoms with Crippen LogP contribution in [0, 0.1) is 0 Å². The molecule has 3 fully saturated rings. The second kappa shape index (κ2) is 9.27. The maximum absolute atomic E-state index is 13.2. The Balaban J connectivity index is 1.18. The van der Waals surface area contributed by atoms with Crippen LogP contribution < -0.4 is 10.6 Å². The van der Waals surface area contributed by atoms with Crippen LogP contribution in [-0.2, 0) is 0 Å². The van der Waals surface area contributed by atoms with Gasteiger partial charge < -0.3 is 14.4 Å². The molecule has 1 aromatic heterocycles. The summed E-state index contributed by atoms with van der Waals surface area (Å²) in [5.41, 5.74) is 2.54. The number of amides is 2. The number of likely N-dealkylation sites (tertiary alicyclic amines) is 1. The van der Waals surface area contributed by atoms with E-state index in [-0.39, 0.29) is 6.03 Å². The number of benzene rings is 1. The van der Waals surface area contributed by atoms with Crippen LogP contribution >= 0.6 is 11.6 Å². The van der Waals surface area contributed by atoms with E-state index in [0.29, 0.717) is 5.92 Å². The highest BCUT2D eigenvalue weighted by atomic mass is 35.5. The van der Waals surface area contributed by atoms with E-state index in [1.54, 1.807) is 0 Å². The molecule has 6 rings (SSSR count). The van der Waals surface area contributed by atoms with Crippen LogP contribution in [-0.4, -0.2) is 70.6 Å². The monoisotopic (exact) mass is 476 g/mol. The van der Waals surface area contributed by atoms with Crippen LogP contribution in [0.4, 0.5) is 4.79 Å². The van der Waals surface area contributed by atoms with Crippen molar-refractivity contribution in [2.45, 2.75) is 44.1 Å². The lowest BCUT2D eigenvalue weighted by molar-refractivity contribution is 0.102. The maximum atomic E-state index is 13.2. The summed E-state index contributed by atoms with van der Waals surface area (Å²) < 4.78 is 2.31. The van der Waals surface area contributed by atoms with E-state index in [1.807, 2.05) is 12.1 Å². The van der Waals surface area contributed by atoms with Crippen LogP contribution in [0.15, 0.2) is 42.6 Å². The third-order valence-corrected chi connectivity index (χ3v) is 8.17. The molecule has 5 nitrogen and oxygen atoms in total. The number of nitrogens with zero attached hydrogens (tertiary/aromatic N) is 4. The van der Waals surface area contributed by atoms with E-state index in [9.17, 15) is 4.79 Å². The first kappa shape index (κ1) is 22.0. The average Bonchev–Trinajstić information content (AvgIpc) is 3.70. The number of hydrogen-bond acceptors (Lipinski definition) is 2. The van der Waals surface area contributed by atoms with Gasteiger partial charge >= 0.3 is 6.03 Å². The standard InChI is InChI=1S/C28H33ClN4O/c29-22-6-8-24(9-7-22)33-20-26(25-4-2-1-3-5-27(25)33)21-12-14-31(15-13-21)28(34)32-18-16-30(17-19-32)23-10-11-23/h1-2,4-9,20-21,23H,3,10-19H2. The molecular formula is C28H33ClN4O. The number of carbonyl (C=O) groups excluding carboxylic acids is 1. The predicted octanol–water partition coefficient (Wildman–Crippen LogP) is 3.73. The number of piperidine rings is 1. The molecule has 1 saturated carbocycles. The summed E-state index contributed by atoms with van der Waals surface area (Å²) >= 11 is 6.14. The predicted molar refractivity (Wildman–Crippen MR) is 138 cm³/mol. The molecule has 3 heterocycles. The van der Waals surface area contributed by atoms with E-state index >= 15 is 0 Å². The van der Waals surface area contributed by atoms with Gasteiger partial charge in [0.2, 0.25) is 0 Å². The van der Waals surface area contributed by atoms with Gasteiger partial charge in [-0.25, -0.2) is 4.79 Å². The summed E-state index contributed by atoms with van der Waals surface area (Å²) in [5.74, 6) is 0.467. The molecule has 34 heavy (non-hydrogen) atoms. The molecule has 0 N–H and O–H groups in total. The van der Waals surface area contributed by atoms with Crippen LogP contribution in [0.1, 0.15) is 43.6 Å². The Bertz CT molecular complexity index is 1190. The molecule has 2 aliphatic heterocycles. The van der Waals surface area contributed by atoms with Gasteiger partial charge in [-0.15, -0.1) is 0 Å². The van der Waals surface area contributed by atoms with E-state index in [0.717, 1.165) is 75.3 Å². The number of halogens is 1. The quantitative estimate of drug-likeness (QED) is 0.676. The summed E-state index contributed by atoms with van der Waals surface area (Å²) in [4.78, 5) is 19.9. The lowest BCUT2D eigenvalue weighted by atomic mass is 9.90. The topological polar surface area (TPSA) is 31.7 Å². The molecule has 178 valence electrons. The largest absolute Gasteiger partial charge is 0.325 e. The molecule has 0 unspecified atom stereocenters. The Hall–Kier alpha value is -2.50. The molecule has 0 spiro atoms. The van der Waals surface area contributed by atoms with E-state index in [4.69, 9.17) is 11.6 Å². The van der Waals surface area contributed by atoms with E-state index < -0.39 is 0 Å². The summed E-state index contributed by atoms with van der Waals surface area (Å²) in [6.07, 6.45) is 16.9. The van der Waals surface area contributed by atoms with Gasteiger partial charge in [0.15, 0.2) is 0 Å². The summed E-state index contributed by atoms with van der Waals surface area (Å²) in [6.45, 7) is 5.52. The van der Waals surface area contributed by atoms with Gasteiger partial charge in [-0.2, -0.15) is 0 Å². The first-order chi connectivity index (χ1) is 16.7. The number of aromatic nitrogens is 1. The van der Waals surface area contributed by atoms with Crippen LogP contribution in [0.5, 0.6) is 0 Å². The zero-order chi connectivity index (χ0) is 23.1. The fourth-order valence-electron chi connectivity index (χ4n) is 5.81. The Labute approximate surface area is 206 Å². The summed E-state index contributed by atoms with van der Waals surface area (Å²) in [5, 5.41) is 3.34. The Morgan fingerprint density at radius 2 is 1.59 bits per heavy atom. The third-order valence-electron chi connectivity index (χ3n) is 7.92. The first-order valence-corrected chi connectivity index (χ1v) is 13.2. The van der Waals surface area contributed by atoms with Crippen molar-refractivity contribution in [1.29, 1.82) is 0 Å². The number of fused-ring (bicyclic) bond motifs is 1. The summed E-state index contributed by atoms with van der Waals surface area (Å²) in [7, 11) is 0. The molecular weight excluding hydrogens is 444 g/mol. The Morgan fingerprint density at radius 3 is 2.29 bits per heavy atom. The smallest absolute Gasteiger partial charge is 0.320 e. The number of rotatable bonds is 3. The molecule has 4 aliphatic rings. The highest BCUT2D eigenvalue weighted by molar-refractivity contribution is 6.30. The van der Waals surface area contributed by atoms with Crippen molar-refractivity contribution in [3.8, 4) is 5.69 Å².